The Balaban J connectivity index is 2.60. The third kappa shape index (κ3) is 3.20. The zero-order valence-electron chi connectivity index (χ0n) is 13.7. The van der Waals surface area contributed by atoms with Gasteiger partial charge in [0, 0.05) is 32.3 Å². The fourth-order valence-corrected chi connectivity index (χ4v) is 3.60. The summed E-state index contributed by atoms with van der Waals surface area (Å²) in [6, 6.07) is 5.66. The third-order valence-electron chi connectivity index (χ3n) is 3.63. The average Bonchev–Trinajstić information content (AvgIpc) is 2.90. The molecule has 2 aromatic rings. The Bertz CT molecular complexity index is 688. The highest BCUT2D eigenvalue weighted by Crippen LogP contribution is 2.51. The molecule has 0 amide bonds. The van der Waals surface area contributed by atoms with Crippen LogP contribution in [-0.4, -0.2) is 51.2 Å². The van der Waals surface area contributed by atoms with E-state index in [4.69, 9.17) is 13.8 Å². The molecule has 1 aromatic carbocycles. The van der Waals surface area contributed by atoms with Crippen molar-refractivity contribution in [2.24, 2.45) is 0 Å². The number of ether oxygens (including phenoxy) is 1. The van der Waals surface area contributed by atoms with Crippen LogP contribution in [0.1, 0.15) is 5.56 Å². The van der Waals surface area contributed by atoms with Crippen LogP contribution < -0.4 is 4.74 Å². The first-order valence-corrected chi connectivity index (χ1v) is 8.49. The molecule has 0 unspecified atom stereocenters. The monoisotopic (exact) mass is 326 g/mol. The molecule has 0 saturated carbocycles. The summed E-state index contributed by atoms with van der Waals surface area (Å²) in [5.41, 5.74) is 1.89. The topological polar surface area (TPSA) is 52.9 Å². The maximum absolute atomic E-state index is 12.7. The molecule has 0 atom stereocenters. The molecule has 22 heavy (non-hydrogen) atoms. The zero-order chi connectivity index (χ0) is 16.3. The van der Waals surface area contributed by atoms with E-state index in [2.05, 4.69) is 4.90 Å². The highest BCUT2D eigenvalue weighted by atomic mass is 31.2. The van der Waals surface area contributed by atoms with Gasteiger partial charge in [0.1, 0.15) is 5.75 Å². The van der Waals surface area contributed by atoms with Crippen molar-refractivity contribution < 1.29 is 18.3 Å². The van der Waals surface area contributed by atoms with Gasteiger partial charge in [-0.15, -0.1) is 0 Å². The molecule has 0 aliphatic carbocycles. The van der Waals surface area contributed by atoms with Gasteiger partial charge in [0.15, 0.2) is 0 Å². The minimum atomic E-state index is -3.37. The second-order valence-electron chi connectivity index (χ2n) is 5.27. The van der Waals surface area contributed by atoms with Crippen LogP contribution in [0.4, 0.5) is 0 Å². The lowest BCUT2D eigenvalue weighted by molar-refractivity contribution is 0.268. The van der Waals surface area contributed by atoms with Gasteiger partial charge in [0.05, 0.1) is 12.6 Å². The first kappa shape index (κ1) is 17.0. The van der Waals surface area contributed by atoms with E-state index in [1.54, 1.807) is 11.4 Å². The van der Waals surface area contributed by atoms with Crippen LogP contribution in [0.3, 0.4) is 0 Å². The van der Waals surface area contributed by atoms with Crippen molar-refractivity contribution in [2.45, 2.75) is 6.42 Å². The fraction of sp³-hybridized carbons (Fsp3) is 0.467. The summed E-state index contributed by atoms with van der Waals surface area (Å²) in [6.45, 7) is 0.889. The van der Waals surface area contributed by atoms with Crippen molar-refractivity contribution in [2.75, 3.05) is 42.0 Å². The quantitative estimate of drug-likeness (QED) is 0.732. The molecule has 0 fully saturated rings. The van der Waals surface area contributed by atoms with E-state index < -0.39 is 7.75 Å². The van der Waals surface area contributed by atoms with Crippen LogP contribution in [0.5, 0.6) is 5.75 Å². The summed E-state index contributed by atoms with van der Waals surface area (Å²) in [5.74, 6) is 0.765. The van der Waals surface area contributed by atoms with Crippen LogP contribution in [0.2, 0.25) is 0 Å². The van der Waals surface area contributed by atoms with Gasteiger partial charge in [-0.1, -0.05) is 0 Å². The number of methoxy groups -OCH3 is 1. The van der Waals surface area contributed by atoms with Crippen molar-refractivity contribution >= 4 is 18.6 Å². The van der Waals surface area contributed by atoms with Gasteiger partial charge in [-0.3, -0.25) is 13.4 Å². The molecule has 1 heterocycles. The molecule has 0 radical (unpaired) electrons. The maximum Gasteiger partial charge on any atom is 0.438 e. The van der Waals surface area contributed by atoms with E-state index in [-0.39, 0.29) is 0 Å². The molecule has 6 nitrogen and oxygen atoms in total. The van der Waals surface area contributed by atoms with Crippen LogP contribution in [0, 0.1) is 0 Å². The Morgan fingerprint density at radius 1 is 1.18 bits per heavy atom. The predicted molar refractivity (Wildman–Crippen MR) is 87.8 cm³/mol. The van der Waals surface area contributed by atoms with Gasteiger partial charge < -0.3 is 9.64 Å². The largest absolute Gasteiger partial charge is 0.497 e. The first-order chi connectivity index (χ1) is 10.4. The van der Waals surface area contributed by atoms with Gasteiger partial charge in [0.25, 0.3) is 0 Å². The molecular weight excluding hydrogens is 303 g/mol. The third-order valence-corrected chi connectivity index (χ3v) is 5.41. The Labute approximate surface area is 131 Å². The van der Waals surface area contributed by atoms with Crippen molar-refractivity contribution in [3.63, 3.8) is 0 Å². The number of fused-ring (bicyclic) bond motifs is 1. The van der Waals surface area contributed by atoms with E-state index >= 15 is 0 Å². The van der Waals surface area contributed by atoms with Gasteiger partial charge in [-0.2, -0.15) is 0 Å². The number of aromatic nitrogens is 1. The summed E-state index contributed by atoms with van der Waals surface area (Å²) < 4.78 is 29.9. The summed E-state index contributed by atoms with van der Waals surface area (Å²) in [4.78, 5) is 2.11. The Kier molecular flexibility index (Phi) is 5.29. The maximum atomic E-state index is 12.7. The minimum Gasteiger partial charge on any atom is -0.497 e. The number of likely N-dealkylation sites (N-methyl/N-ethyl adjacent to an activating group) is 1. The second kappa shape index (κ2) is 6.84. The lowest BCUT2D eigenvalue weighted by Gasteiger charge is -2.15. The van der Waals surface area contributed by atoms with Gasteiger partial charge in [0.2, 0.25) is 0 Å². The number of hydrogen-bond acceptors (Lipinski definition) is 5. The summed E-state index contributed by atoms with van der Waals surface area (Å²) in [5, 5.41) is 0.996. The Morgan fingerprint density at radius 2 is 1.86 bits per heavy atom. The average molecular weight is 326 g/mol. The lowest BCUT2D eigenvalue weighted by Crippen LogP contribution is -2.14. The smallest absolute Gasteiger partial charge is 0.438 e. The van der Waals surface area contributed by atoms with Gasteiger partial charge in [-0.05, 0) is 44.3 Å². The zero-order valence-corrected chi connectivity index (χ0v) is 14.6. The standard InChI is InChI=1S/C15H23N2O4P/c1-16(2)9-8-12-11-17(22(18,20-4)21-5)15-7-6-13(19-3)10-14(12)15/h6-7,10-11H,8-9H2,1-5H3. The van der Waals surface area contributed by atoms with Crippen molar-refractivity contribution in [3.8, 4) is 5.75 Å². The van der Waals surface area contributed by atoms with Crippen LogP contribution in [0.25, 0.3) is 10.9 Å². The molecule has 1 aromatic heterocycles. The number of nitrogens with zero attached hydrogens (tertiary/aromatic N) is 2. The molecule has 0 saturated heterocycles. The fourth-order valence-electron chi connectivity index (χ4n) is 2.38. The number of rotatable bonds is 7. The van der Waals surface area contributed by atoms with Crippen LogP contribution in [0.15, 0.2) is 24.4 Å². The highest BCUT2D eigenvalue weighted by Gasteiger charge is 2.27. The molecule has 0 N–H and O–H groups in total. The molecule has 122 valence electrons. The molecule has 7 heteroatoms. The van der Waals surface area contributed by atoms with Crippen LogP contribution >= 0.6 is 7.75 Å². The normalized spacial score (nSPS) is 12.3. The van der Waals surface area contributed by atoms with Gasteiger partial charge >= 0.3 is 7.75 Å². The van der Waals surface area contributed by atoms with Crippen molar-refractivity contribution in [1.82, 2.24) is 9.24 Å². The molecule has 0 aliphatic heterocycles. The lowest BCUT2D eigenvalue weighted by atomic mass is 10.1. The molecule has 0 spiro atoms. The van der Waals surface area contributed by atoms with Crippen LogP contribution in [-0.2, 0) is 20.0 Å². The number of hydrogen-bond donors (Lipinski definition) is 0. The molecule has 0 bridgehead atoms. The van der Waals surface area contributed by atoms with E-state index in [0.29, 0.717) is 0 Å². The summed E-state index contributed by atoms with van der Waals surface area (Å²) in [6.07, 6.45) is 2.68. The SMILES string of the molecule is COc1ccc2c(c1)c(CCN(C)C)cn2P(=O)(OC)OC. The summed E-state index contributed by atoms with van der Waals surface area (Å²) in [7, 11) is 5.09. The molecular formula is C15H23N2O4P. The van der Waals surface area contributed by atoms with E-state index in [9.17, 15) is 4.57 Å². The molecule has 0 aliphatic rings. The minimum absolute atomic E-state index is 0.765. The van der Waals surface area contributed by atoms with E-state index in [1.165, 1.54) is 14.2 Å². The van der Waals surface area contributed by atoms with Crippen molar-refractivity contribution in [1.29, 1.82) is 0 Å². The predicted octanol–water partition coefficient (Wildman–Crippen LogP) is 3.00. The Morgan fingerprint density at radius 3 is 2.41 bits per heavy atom. The van der Waals surface area contributed by atoms with Gasteiger partial charge in [-0.25, -0.2) is 4.57 Å². The highest BCUT2D eigenvalue weighted by molar-refractivity contribution is 7.52. The van der Waals surface area contributed by atoms with E-state index in [1.807, 2.05) is 38.5 Å². The summed E-state index contributed by atoms with van der Waals surface area (Å²) >= 11 is 0. The van der Waals surface area contributed by atoms with E-state index in [0.717, 1.165) is 35.2 Å². The number of benzene rings is 1. The van der Waals surface area contributed by atoms with Crippen molar-refractivity contribution in [3.05, 3.63) is 30.0 Å². The molecule has 2 rings (SSSR count). The second-order valence-corrected chi connectivity index (χ2v) is 7.37. The first-order valence-electron chi connectivity index (χ1n) is 7.00. The Hall–Kier alpha value is -1.33.